The molecule has 0 saturated carbocycles. The van der Waals surface area contributed by atoms with Crippen molar-refractivity contribution in [3.05, 3.63) is 63.7 Å². The molecule has 0 spiro atoms. The SMILES string of the molecule is COc1ccc(F)c(NCc2ccc([N+](=O)[O-])c(F)c2)c1. The lowest BCUT2D eigenvalue weighted by atomic mass is 10.2. The summed E-state index contributed by atoms with van der Waals surface area (Å²) in [6, 6.07) is 7.73. The Morgan fingerprint density at radius 2 is 1.95 bits per heavy atom. The van der Waals surface area contributed by atoms with Gasteiger partial charge in [-0.15, -0.1) is 0 Å². The first kappa shape index (κ1) is 14.7. The van der Waals surface area contributed by atoms with Crippen molar-refractivity contribution in [1.82, 2.24) is 0 Å². The zero-order valence-corrected chi connectivity index (χ0v) is 11.1. The van der Waals surface area contributed by atoms with Crippen LogP contribution in [-0.4, -0.2) is 12.0 Å². The molecule has 0 aromatic heterocycles. The van der Waals surface area contributed by atoms with Gasteiger partial charge in [-0.3, -0.25) is 10.1 Å². The molecule has 0 radical (unpaired) electrons. The second-order valence-electron chi connectivity index (χ2n) is 4.24. The molecular formula is C14H12F2N2O3. The minimum atomic E-state index is -0.926. The van der Waals surface area contributed by atoms with Gasteiger partial charge >= 0.3 is 5.69 Å². The van der Waals surface area contributed by atoms with E-state index in [-0.39, 0.29) is 12.2 Å². The maximum atomic E-state index is 13.6. The summed E-state index contributed by atoms with van der Waals surface area (Å²) in [5.74, 6) is -0.919. The highest BCUT2D eigenvalue weighted by molar-refractivity contribution is 5.50. The van der Waals surface area contributed by atoms with Crippen molar-refractivity contribution in [2.45, 2.75) is 6.54 Å². The Morgan fingerprint density at radius 1 is 1.19 bits per heavy atom. The first-order valence-electron chi connectivity index (χ1n) is 6.01. The molecule has 2 aromatic carbocycles. The van der Waals surface area contributed by atoms with Gasteiger partial charge in [0.2, 0.25) is 5.82 Å². The van der Waals surface area contributed by atoms with E-state index in [4.69, 9.17) is 4.74 Å². The van der Waals surface area contributed by atoms with E-state index >= 15 is 0 Å². The average Bonchev–Trinajstić information content (AvgIpc) is 2.46. The van der Waals surface area contributed by atoms with Gasteiger partial charge < -0.3 is 10.1 Å². The standard InChI is InChI=1S/C14H12F2N2O3/c1-21-10-3-4-11(15)13(7-10)17-8-9-2-5-14(18(19)20)12(16)6-9/h2-7,17H,8H2,1H3. The number of nitrogens with one attached hydrogen (secondary N) is 1. The summed E-state index contributed by atoms with van der Waals surface area (Å²) in [5.41, 5.74) is 0.0692. The van der Waals surface area contributed by atoms with Crippen molar-refractivity contribution < 1.29 is 18.4 Å². The lowest BCUT2D eigenvalue weighted by Gasteiger charge is -2.09. The van der Waals surface area contributed by atoms with E-state index in [0.717, 1.165) is 12.1 Å². The number of nitro benzene ring substituents is 1. The lowest BCUT2D eigenvalue weighted by molar-refractivity contribution is -0.387. The van der Waals surface area contributed by atoms with Crippen LogP contribution in [0.2, 0.25) is 0 Å². The number of anilines is 1. The Kier molecular flexibility index (Phi) is 4.32. The molecule has 0 bridgehead atoms. The minimum Gasteiger partial charge on any atom is -0.497 e. The highest BCUT2D eigenvalue weighted by Crippen LogP contribution is 2.23. The molecule has 21 heavy (non-hydrogen) atoms. The summed E-state index contributed by atoms with van der Waals surface area (Å²) in [6.07, 6.45) is 0. The smallest absolute Gasteiger partial charge is 0.304 e. The number of rotatable bonds is 5. The van der Waals surface area contributed by atoms with Crippen molar-refractivity contribution in [1.29, 1.82) is 0 Å². The number of benzene rings is 2. The van der Waals surface area contributed by atoms with Crippen LogP contribution in [0.5, 0.6) is 5.75 Å². The number of hydrogen-bond donors (Lipinski definition) is 1. The van der Waals surface area contributed by atoms with Crippen LogP contribution in [0.25, 0.3) is 0 Å². The van der Waals surface area contributed by atoms with Crippen LogP contribution in [0.4, 0.5) is 20.2 Å². The molecule has 5 nitrogen and oxygen atoms in total. The molecule has 0 aliphatic rings. The van der Waals surface area contributed by atoms with Gasteiger partial charge in [0, 0.05) is 18.7 Å². The van der Waals surface area contributed by atoms with Crippen LogP contribution in [0.3, 0.4) is 0 Å². The van der Waals surface area contributed by atoms with Crippen molar-refractivity contribution >= 4 is 11.4 Å². The lowest BCUT2D eigenvalue weighted by Crippen LogP contribution is -2.03. The molecule has 0 amide bonds. The molecule has 2 aromatic rings. The molecule has 0 saturated heterocycles. The molecule has 0 unspecified atom stereocenters. The molecular weight excluding hydrogens is 282 g/mol. The predicted octanol–water partition coefficient (Wildman–Crippen LogP) is 3.49. The summed E-state index contributed by atoms with van der Waals surface area (Å²) in [6.45, 7) is 0.124. The van der Waals surface area contributed by atoms with Gasteiger partial charge in [-0.25, -0.2) is 4.39 Å². The Bertz CT molecular complexity index is 677. The summed E-state index contributed by atoms with van der Waals surface area (Å²) in [4.78, 5) is 9.72. The van der Waals surface area contributed by atoms with E-state index in [9.17, 15) is 18.9 Å². The maximum Gasteiger partial charge on any atom is 0.304 e. The van der Waals surface area contributed by atoms with Crippen LogP contribution < -0.4 is 10.1 Å². The maximum absolute atomic E-state index is 13.6. The summed E-state index contributed by atoms with van der Waals surface area (Å²) in [7, 11) is 1.46. The fourth-order valence-electron chi connectivity index (χ4n) is 1.77. The third-order valence-electron chi connectivity index (χ3n) is 2.87. The number of nitro groups is 1. The van der Waals surface area contributed by atoms with Gasteiger partial charge in [0.15, 0.2) is 0 Å². The number of hydrogen-bond acceptors (Lipinski definition) is 4. The summed E-state index contributed by atoms with van der Waals surface area (Å²) < 4.78 is 32.0. The minimum absolute atomic E-state index is 0.124. The number of methoxy groups -OCH3 is 1. The highest BCUT2D eigenvalue weighted by Gasteiger charge is 2.13. The van der Waals surface area contributed by atoms with E-state index in [1.807, 2.05) is 0 Å². The van der Waals surface area contributed by atoms with Crippen molar-refractivity contribution in [2.24, 2.45) is 0 Å². The van der Waals surface area contributed by atoms with Gasteiger partial charge in [-0.2, -0.15) is 4.39 Å². The molecule has 2 rings (SSSR count). The van der Waals surface area contributed by atoms with Crippen molar-refractivity contribution in [3.8, 4) is 5.75 Å². The molecule has 0 aliphatic carbocycles. The third kappa shape index (κ3) is 3.44. The predicted molar refractivity (Wildman–Crippen MR) is 73.3 cm³/mol. The summed E-state index contributed by atoms with van der Waals surface area (Å²) in [5, 5.41) is 13.3. The van der Waals surface area contributed by atoms with Gasteiger partial charge in [-0.1, -0.05) is 6.07 Å². The fourth-order valence-corrected chi connectivity index (χ4v) is 1.77. The first-order valence-corrected chi connectivity index (χ1v) is 6.01. The first-order chi connectivity index (χ1) is 10.0. The Morgan fingerprint density at radius 3 is 2.57 bits per heavy atom. The Labute approximate surface area is 119 Å². The molecule has 0 atom stereocenters. The largest absolute Gasteiger partial charge is 0.497 e. The van der Waals surface area contributed by atoms with E-state index in [1.54, 1.807) is 0 Å². The van der Waals surface area contributed by atoms with E-state index in [1.165, 1.54) is 31.4 Å². The molecule has 110 valence electrons. The molecule has 0 fully saturated rings. The second-order valence-corrected chi connectivity index (χ2v) is 4.24. The molecule has 7 heteroatoms. The number of ether oxygens (including phenoxy) is 1. The van der Waals surface area contributed by atoms with Gasteiger partial charge in [0.25, 0.3) is 0 Å². The summed E-state index contributed by atoms with van der Waals surface area (Å²) >= 11 is 0. The third-order valence-corrected chi connectivity index (χ3v) is 2.87. The van der Waals surface area contributed by atoms with E-state index < -0.39 is 22.2 Å². The van der Waals surface area contributed by atoms with Gasteiger partial charge in [-0.05, 0) is 23.8 Å². The van der Waals surface area contributed by atoms with E-state index in [2.05, 4.69) is 5.32 Å². The van der Waals surface area contributed by atoms with Crippen LogP contribution in [-0.2, 0) is 6.54 Å². The topological polar surface area (TPSA) is 64.4 Å². The monoisotopic (exact) mass is 294 g/mol. The highest BCUT2D eigenvalue weighted by atomic mass is 19.1. The molecule has 0 heterocycles. The van der Waals surface area contributed by atoms with Gasteiger partial charge in [0.1, 0.15) is 11.6 Å². The van der Waals surface area contributed by atoms with Crippen LogP contribution in [0, 0.1) is 21.7 Å². The fraction of sp³-hybridized carbons (Fsp3) is 0.143. The van der Waals surface area contributed by atoms with Crippen LogP contribution >= 0.6 is 0 Å². The zero-order chi connectivity index (χ0) is 15.4. The van der Waals surface area contributed by atoms with Crippen molar-refractivity contribution in [3.63, 3.8) is 0 Å². The Hall–Kier alpha value is -2.70. The second kappa shape index (κ2) is 6.17. The van der Waals surface area contributed by atoms with Crippen LogP contribution in [0.15, 0.2) is 36.4 Å². The van der Waals surface area contributed by atoms with Crippen LogP contribution in [0.1, 0.15) is 5.56 Å². The average molecular weight is 294 g/mol. The molecule has 1 N–H and O–H groups in total. The quantitative estimate of drug-likeness (QED) is 0.677. The Balaban J connectivity index is 2.13. The van der Waals surface area contributed by atoms with Crippen molar-refractivity contribution in [2.75, 3.05) is 12.4 Å². The molecule has 0 aliphatic heterocycles. The van der Waals surface area contributed by atoms with E-state index in [0.29, 0.717) is 11.3 Å². The number of halogens is 2. The zero-order valence-electron chi connectivity index (χ0n) is 11.1. The normalized spacial score (nSPS) is 10.2. The van der Waals surface area contributed by atoms with Gasteiger partial charge in [0.05, 0.1) is 17.7 Å². The number of nitrogens with zero attached hydrogens (tertiary/aromatic N) is 1.